The molecule has 17 heavy (non-hydrogen) atoms. The Labute approximate surface area is 147 Å². The number of aliphatic carboxylic acids is 2. The fraction of sp³-hybridized carbons (Fsp3) is 0.636. The number of nitrogens with zero attached hydrogens (tertiary/aromatic N) is 1. The molecule has 0 aromatic rings. The van der Waals surface area contributed by atoms with E-state index in [1.165, 1.54) is 24.1 Å². The van der Waals surface area contributed by atoms with Gasteiger partial charge in [0.25, 0.3) is 0 Å². The molecule has 5 nitrogen and oxygen atoms in total. The van der Waals surface area contributed by atoms with Gasteiger partial charge in [0, 0.05) is 12.2 Å². The third kappa shape index (κ3) is 16.3. The van der Waals surface area contributed by atoms with Gasteiger partial charge in [-0.1, -0.05) is 0 Å². The Morgan fingerprint density at radius 3 is 1.29 bits per heavy atom. The minimum Gasteiger partial charge on any atom is -1.00 e. The van der Waals surface area contributed by atoms with Gasteiger partial charge in [-0.25, -0.2) is 9.59 Å². The second kappa shape index (κ2) is 12.7. The Morgan fingerprint density at radius 1 is 1.00 bits per heavy atom. The van der Waals surface area contributed by atoms with Gasteiger partial charge in [-0.05, 0) is 20.8 Å². The predicted molar refractivity (Wildman–Crippen MR) is 63.3 cm³/mol. The van der Waals surface area contributed by atoms with Crippen LogP contribution in [0.1, 0.15) is 22.2 Å². The fourth-order valence-electron chi connectivity index (χ4n) is 0.813. The van der Waals surface area contributed by atoms with E-state index in [1.807, 2.05) is 0 Å². The molecule has 0 aliphatic rings. The van der Waals surface area contributed by atoms with Crippen LogP contribution in [0.4, 0.5) is 0 Å². The van der Waals surface area contributed by atoms with E-state index in [-0.39, 0.29) is 52.8 Å². The number of hydrogen-bond acceptors (Lipinski definition) is 2. The molecule has 0 amide bonds. The van der Waals surface area contributed by atoms with Gasteiger partial charge in [0.15, 0.2) is 0 Å². The maximum Gasteiger partial charge on any atom is 1.00 e. The van der Waals surface area contributed by atoms with E-state index < -0.39 is 11.9 Å². The zero-order chi connectivity index (χ0) is 13.2. The molecule has 0 aromatic heterocycles. The number of hydrogen-bond donors (Lipinski definition) is 2. The molecule has 0 heterocycles. The minimum atomic E-state index is -1.26. The summed E-state index contributed by atoms with van der Waals surface area (Å²) in [7, 11) is 2.29. The molecule has 0 spiro atoms. The predicted octanol–water partition coefficient (Wildman–Crippen LogP) is -1.68. The van der Waals surface area contributed by atoms with Crippen LogP contribution in [0.2, 0.25) is 0 Å². The summed E-state index contributed by atoms with van der Waals surface area (Å²) in [6.45, 7) is 10.5. The summed E-state index contributed by atoms with van der Waals surface area (Å²) in [4.78, 5) is 19.1. The number of carboxylic acid groups (broad SMARTS) is 2. The van der Waals surface area contributed by atoms with Crippen LogP contribution in [0.3, 0.4) is 0 Å². The zero-order valence-corrected chi connectivity index (χ0v) is 14.6. The molecule has 0 unspecified atom stereocenters. The monoisotopic (exact) mass is 272 g/mol. The average Bonchev–Trinajstić information content (AvgIpc) is 2.26. The first kappa shape index (κ1) is 22.5. The Bertz CT molecular complexity index is 231. The quantitative estimate of drug-likeness (QED) is 0.356. The molecule has 0 radical (unpaired) electrons. The average molecular weight is 272 g/mol. The molecule has 0 aliphatic heterocycles. The molecule has 0 saturated carbocycles. The zero-order valence-electron chi connectivity index (χ0n) is 12.4. The largest absolute Gasteiger partial charge is 1.00 e. The van der Waals surface area contributed by atoms with E-state index in [0.29, 0.717) is 12.2 Å². The summed E-state index contributed by atoms with van der Waals surface area (Å²) in [5.74, 6) is -2.51. The fourth-order valence-corrected chi connectivity index (χ4v) is 0.813. The van der Waals surface area contributed by atoms with Crippen LogP contribution in [0, 0.1) is 0 Å². The van der Waals surface area contributed by atoms with Crippen LogP contribution in [0.25, 0.3) is 0 Å². The summed E-state index contributed by atoms with van der Waals surface area (Å²) < 4.78 is 1.21. The van der Waals surface area contributed by atoms with Crippen molar-refractivity contribution in [3.8, 4) is 0 Å². The minimum absolute atomic E-state index is 0. The molecular weight excluding hydrogens is 249 g/mol. The number of carbonyl (C=O) groups is 2. The maximum absolute atomic E-state index is 9.55. The standard InChI is InChI=1S/C7H18N.C4H4O4.K.H/c1-5-8(4,6-2)7-3;5-3(6)1-2-4(7)8;;/h5-7H2,1-4H3;1-2H,(H,5,6)(H,7,8);;/q+1;;+1;-1/b;2-1+;;. The van der Waals surface area contributed by atoms with Crippen molar-refractivity contribution in [1.29, 1.82) is 0 Å². The van der Waals surface area contributed by atoms with E-state index >= 15 is 0 Å². The van der Waals surface area contributed by atoms with Crippen molar-refractivity contribution in [3.05, 3.63) is 12.2 Å². The summed E-state index contributed by atoms with van der Waals surface area (Å²) in [6, 6.07) is 0. The summed E-state index contributed by atoms with van der Waals surface area (Å²) >= 11 is 0. The Balaban J connectivity index is -0.0000000980. The first-order valence-electron chi connectivity index (χ1n) is 5.28. The van der Waals surface area contributed by atoms with Crippen molar-refractivity contribution < 1.29 is 77.1 Å². The third-order valence-corrected chi connectivity index (χ3v) is 2.66. The van der Waals surface area contributed by atoms with Gasteiger partial charge in [0.05, 0.1) is 26.7 Å². The Morgan fingerprint density at radius 2 is 1.24 bits per heavy atom. The van der Waals surface area contributed by atoms with E-state index in [9.17, 15) is 9.59 Å². The molecule has 2 N–H and O–H groups in total. The third-order valence-electron chi connectivity index (χ3n) is 2.66. The first-order valence-corrected chi connectivity index (χ1v) is 5.28. The van der Waals surface area contributed by atoms with E-state index in [2.05, 4.69) is 27.8 Å². The maximum atomic E-state index is 9.55. The molecule has 0 bridgehead atoms. The van der Waals surface area contributed by atoms with Crippen LogP contribution >= 0.6 is 0 Å². The van der Waals surface area contributed by atoms with Crippen LogP contribution in [-0.4, -0.2) is 53.3 Å². The SMILES string of the molecule is CC[N+](C)(CC)CC.O=C(O)/C=C/C(=O)O.[H-].[K+]. The Hall–Kier alpha value is 0.276. The van der Waals surface area contributed by atoms with Gasteiger partial charge in [-0.2, -0.15) is 0 Å². The number of rotatable bonds is 5. The summed E-state index contributed by atoms with van der Waals surface area (Å²) in [5, 5.41) is 15.6. The van der Waals surface area contributed by atoms with E-state index in [4.69, 9.17) is 10.2 Å². The van der Waals surface area contributed by atoms with Crippen LogP contribution in [-0.2, 0) is 9.59 Å². The number of quaternary nitrogens is 1. The van der Waals surface area contributed by atoms with Gasteiger partial charge in [0.1, 0.15) is 0 Å². The van der Waals surface area contributed by atoms with Gasteiger partial charge < -0.3 is 16.1 Å². The second-order valence-electron chi connectivity index (χ2n) is 3.58. The molecule has 0 aromatic carbocycles. The van der Waals surface area contributed by atoms with Crippen molar-refractivity contribution in [2.75, 3.05) is 26.7 Å². The van der Waals surface area contributed by atoms with Gasteiger partial charge in [-0.15, -0.1) is 0 Å². The number of carboxylic acids is 2. The summed E-state index contributed by atoms with van der Waals surface area (Å²) in [6.07, 6.45) is 1.12. The molecule has 0 rings (SSSR count). The molecule has 96 valence electrons. The summed E-state index contributed by atoms with van der Waals surface area (Å²) in [5.41, 5.74) is 0. The topological polar surface area (TPSA) is 74.6 Å². The molecule has 0 aliphatic carbocycles. The van der Waals surface area contributed by atoms with Crippen LogP contribution < -0.4 is 51.4 Å². The van der Waals surface area contributed by atoms with Crippen molar-refractivity contribution in [3.63, 3.8) is 0 Å². The van der Waals surface area contributed by atoms with Crippen molar-refractivity contribution >= 4 is 11.9 Å². The molecular formula is C11H23KNO4+. The van der Waals surface area contributed by atoms with Gasteiger partial charge >= 0.3 is 63.3 Å². The van der Waals surface area contributed by atoms with Crippen LogP contribution in [0.5, 0.6) is 0 Å². The first-order chi connectivity index (χ1) is 7.31. The normalized spacial score (nSPS) is 10.1. The van der Waals surface area contributed by atoms with E-state index in [0.717, 1.165) is 0 Å². The van der Waals surface area contributed by atoms with Crippen molar-refractivity contribution in [2.24, 2.45) is 0 Å². The molecule has 0 fully saturated rings. The van der Waals surface area contributed by atoms with Gasteiger partial charge in [-0.3, -0.25) is 0 Å². The van der Waals surface area contributed by atoms with E-state index in [1.54, 1.807) is 0 Å². The molecule has 6 heteroatoms. The molecule has 0 saturated heterocycles. The Kier molecular flexibility index (Phi) is 16.8. The molecule has 0 atom stereocenters. The van der Waals surface area contributed by atoms with Crippen molar-refractivity contribution in [1.82, 2.24) is 0 Å². The van der Waals surface area contributed by atoms with Crippen molar-refractivity contribution in [2.45, 2.75) is 20.8 Å². The smallest absolute Gasteiger partial charge is 1.00 e. The van der Waals surface area contributed by atoms with Crippen LogP contribution in [0.15, 0.2) is 12.2 Å². The van der Waals surface area contributed by atoms with Gasteiger partial charge in [0.2, 0.25) is 0 Å². The second-order valence-corrected chi connectivity index (χ2v) is 3.58.